The van der Waals surface area contributed by atoms with E-state index in [1.807, 2.05) is 10.3 Å². The van der Waals surface area contributed by atoms with Gasteiger partial charge in [0.05, 0.1) is 36.9 Å². The molecule has 1 fully saturated rings. The SMILES string of the molecule is CCNCC(C)(C)CN1CCN(C(=O)CC2=C(C(=O)OC)C(c3c(Cl)cccc3Cl)C(C(=O)OC)C(CCc3nccs3)=N2)CC1. The van der Waals surface area contributed by atoms with Crippen molar-refractivity contribution in [3.05, 3.63) is 61.7 Å². The zero-order chi connectivity index (χ0) is 33.4. The van der Waals surface area contributed by atoms with Gasteiger partial charge >= 0.3 is 11.9 Å². The van der Waals surface area contributed by atoms with E-state index in [0.717, 1.165) is 37.7 Å². The fraction of sp³-hybridized carbons (Fsp3) is 0.545. The number of methoxy groups -OCH3 is 2. The van der Waals surface area contributed by atoms with Crippen LogP contribution in [0, 0.1) is 11.3 Å². The minimum absolute atomic E-state index is 0.0723. The summed E-state index contributed by atoms with van der Waals surface area (Å²) in [6.07, 6.45) is 2.42. The van der Waals surface area contributed by atoms with E-state index in [0.29, 0.717) is 37.2 Å². The predicted octanol–water partition coefficient (Wildman–Crippen LogP) is 5.01. The predicted molar refractivity (Wildman–Crippen MR) is 182 cm³/mol. The van der Waals surface area contributed by atoms with Gasteiger partial charge in [-0.2, -0.15) is 0 Å². The second kappa shape index (κ2) is 16.3. The van der Waals surface area contributed by atoms with Crippen molar-refractivity contribution in [3.63, 3.8) is 0 Å². The molecule has 4 rings (SSSR count). The van der Waals surface area contributed by atoms with Crippen molar-refractivity contribution in [3.8, 4) is 0 Å². The van der Waals surface area contributed by atoms with E-state index < -0.39 is 23.8 Å². The maximum atomic E-state index is 13.8. The van der Waals surface area contributed by atoms with E-state index in [-0.39, 0.29) is 39.1 Å². The molecule has 250 valence electrons. The molecular formula is C33H43Cl2N5O5S. The lowest BCUT2D eigenvalue weighted by molar-refractivity contribution is -0.143. The number of benzene rings is 1. The standard InChI is InChI=1S/C33H43Cl2N5O5S/c1-6-36-19-33(2,3)20-39-13-15-40(16-14-39)26(41)18-24-29(32(43)45-5)30(27-21(34)8-7-9-22(27)35)28(31(42)44-4)23(38-24)10-11-25-37-12-17-46-25/h7-9,12,17,28,30,36H,6,10-11,13-16,18-20H2,1-5H3. The maximum absolute atomic E-state index is 13.8. The highest BCUT2D eigenvalue weighted by Crippen LogP contribution is 2.46. The van der Waals surface area contributed by atoms with E-state index in [1.165, 1.54) is 25.6 Å². The third-order valence-electron chi connectivity index (χ3n) is 8.39. The number of nitrogens with zero attached hydrogens (tertiary/aromatic N) is 4. The first-order valence-electron chi connectivity index (χ1n) is 15.5. The summed E-state index contributed by atoms with van der Waals surface area (Å²) in [5, 5.41) is 6.72. The Morgan fingerprint density at radius 2 is 1.76 bits per heavy atom. The van der Waals surface area contributed by atoms with E-state index in [4.69, 9.17) is 37.7 Å². The minimum Gasteiger partial charge on any atom is -0.468 e. The number of piperazine rings is 1. The van der Waals surface area contributed by atoms with Crippen LogP contribution in [0.5, 0.6) is 0 Å². The van der Waals surface area contributed by atoms with Gasteiger partial charge in [0.15, 0.2) is 0 Å². The molecule has 1 aromatic heterocycles. The molecule has 1 amide bonds. The summed E-state index contributed by atoms with van der Waals surface area (Å²) in [7, 11) is 2.54. The number of aromatic nitrogens is 1. The maximum Gasteiger partial charge on any atom is 0.336 e. The fourth-order valence-electron chi connectivity index (χ4n) is 6.21. The van der Waals surface area contributed by atoms with Crippen molar-refractivity contribution in [2.75, 3.05) is 60.0 Å². The first-order chi connectivity index (χ1) is 22.0. The van der Waals surface area contributed by atoms with Crippen LogP contribution in [-0.4, -0.2) is 98.4 Å². The van der Waals surface area contributed by atoms with Crippen molar-refractivity contribution >= 4 is 58.1 Å². The molecule has 0 radical (unpaired) electrons. The Bertz CT molecular complexity index is 1430. The Hall–Kier alpha value is -2.83. The third-order valence-corrected chi connectivity index (χ3v) is 9.89. The number of carbonyl (C=O) groups excluding carboxylic acids is 3. The van der Waals surface area contributed by atoms with E-state index in [1.54, 1.807) is 24.4 Å². The lowest BCUT2D eigenvalue weighted by Gasteiger charge is -2.39. The number of nitrogens with one attached hydrogen (secondary N) is 1. The number of esters is 2. The van der Waals surface area contributed by atoms with Crippen LogP contribution in [0.4, 0.5) is 0 Å². The minimum atomic E-state index is -1.02. The van der Waals surface area contributed by atoms with Crippen LogP contribution in [0.1, 0.15) is 50.1 Å². The number of rotatable bonds is 13. The molecule has 46 heavy (non-hydrogen) atoms. The highest BCUT2D eigenvalue weighted by molar-refractivity contribution is 7.09. The van der Waals surface area contributed by atoms with Crippen molar-refractivity contribution in [2.24, 2.45) is 16.3 Å². The molecular weight excluding hydrogens is 649 g/mol. The average Bonchev–Trinajstić information content (AvgIpc) is 3.56. The molecule has 0 bridgehead atoms. The molecule has 0 saturated carbocycles. The van der Waals surface area contributed by atoms with Gasteiger partial charge in [-0.15, -0.1) is 11.3 Å². The molecule has 0 aliphatic carbocycles. The first kappa shape index (κ1) is 36.0. The summed E-state index contributed by atoms with van der Waals surface area (Å²) in [5.74, 6) is -3.48. The lowest BCUT2D eigenvalue weighted by atomic mass is 9.74. The molecule has 0 spiro atoms. The molecule has 13 heteroatoms. The molecule has 2 aliphatic rings. The molecule has 2 aliphatic heterocycles. The highest BCUT2D eigenvalue weighted by atomic mass is 35.5. The van der Waals surface area contributed by atoms with Crippen molar-refractivity contribution in [1.82, 2.24) is 20.1 Å². The van der Waals surface area contributed by atoms with Crippen LogP contribution >= 0.6 is 34.5 Å². The molecule has 2 aromatic rings. The van der Waals surface area contributed by atoms with Gasteiger partial charge in [-0.3, -0.25) is 19.5 Å². The quantitative estimate of drug-likeness (QED) is 0.292. The number of halogens is 2. The summed E-state index contributed by atoms with van der Waals surface area (Å²) in [6, 6.07) is 4.99. The third kappa shape index (κ3) is 8.74. The molecule has 1 aromatic carbocycles. The molecule has 2 unspecified atom stereocenters. The number of thiazole rings is 1. The molecule has 2 atom stereocenters. The van der Waals surface area contributed by atoms with Gasteiger partial charge < -0.3 is 19.7 Å². The largest absolute Gasteiger partial charge is 0.468 e. The molecule has 3 heterocycles. The smallest absolute Gasteiger partial charge is 0.336 e. The number of hydrogen-bond donors (Lipinski definition) is 1. The summed E-state index contributed by atoms with van der Waals surface area (Å²) < 4.78 is 10.5. The van der Waals surface area contributed by atoms with E-state index >= 15 is 0 Å². The zero-order valence-electron chi connectivity index (χ0n) is 27.1. The summed E-state index contributed by atoms with van der Waals surface area (Å²) in [6.45, 7) is 11.9. The number of aliphatic imine (C=N–C) groups is 1. The van der Waals surface area contributed by atoms with Gasteiger partial charge in [-0.25, -0.2) is 9.78 Å². The second-order valence-electron chi connectivity index (χ2n) is 12.3. The van der Waals surface area contributed by atoms with Gasteiger partial charge in [-0.05, 0) is 36.1 Å². The summed E-state index contributed by atoms with van der Waals surface area (Å²) in [5.41, 5.74) is 1.25. The molecule has 1 N–H and O–H groups in total. The van der Waals surface area contributed by atoms with Crippen LogP contribution in [-0.2, 0) is 30.3 Å². The highest BCUT2D eigenvalue weighted by Gasteiger charge is 2.46. The van der Waals surface area contributed by atoms with Crippen LogP contribution in [0.15, 0.2) is 46.0 Å². The number of carbonyl (C=O) groups is 3. The van der Waals surface area contributed by atoms with Crippen LogP contribution in [0.2, 0.25) is 10.0 Å². The number of aryl methyl sites for hydroxylation is 1. The normalized spacial score (nSPS) is 19.2. The average molecular weight is 693 g/mol. The summed E-state index contributed by atoms with van der Waals surface area (Å²) in [4.78, 5) is 54.3. The van der Waals surface area contributed by atoms with Crippen molar-refractivity contribution < 1.29 is 23.9 Å². The molecule has 1 saturated heterocycles. The van der Waals surface area contributed by atoms with Crippen LogP contribution < -0.4 is 5.32 Å². The van der Waals surface area contributed by atoms with Gasteiger partial charge in [-0.1, -0.05) is 50.0 Å². The van der Waals surface area contributed by atoms with E-state index in [9.17, 15) is 14.4 Å². The lowest BCUT2D eigenvalue weighted by Crippen LogP contribution is -2.52. The number of hydrogen-bond acceptors (Lipinski definition) is 10. The second-order valence-corrected chi connectivity index (χ2v) is 14.1. The number of amides is 1. The number of ether oxygens (including phenoxy) is 2. The van der Waals surface area contributed by atoms with Gasteiger partial charge in [0, 0.05) is 78.9 Å². The monoisotopic (exact) mass is 691 g/mol. The Morgan fingerprint density at radius 1 is 1.07 bits per heavy atom. The Morgan fingerprint density at radius 3 is 2.35 bits per heavy atom. The van der Waals surface area contributed by atoms with Crippen molar-refractivity contribution in [2.45, 2.75) is 46.0 Å². The topological polar surface area (TPSA) is 113 Å². The van der Waals surface area contributed by atoms with Crippen LogP contribution in [0.25, 0.3) is 0 Å². The van der Waals surface area contributed by atoms with Crippen LogP contribution in [0.3, 0.4) is 0 Å². The molecule has 10 nitrogen and oxygen atoms in total. The Balaban J connectivity index is 1.69. The van der Waals surface area contributed by atoms with Crippen molar-refractivity contribution in [1.29, 1.82) is 0 Å². The Labute approximate surface area is 285 Å². The Kier molecular flexibility index (Phi) is 12.8. The summed E-state index contributed by atoms with van der Waals surface area (Å²) >= 11 is 14.9. The van der Waals surface area contributed by atoms with E-state index in [2.05, 4.69) is 36.0 Å². The van der Waals surface area contributed by atoms with Gasteiger partial charge in [0.1, 0.15) is 5.92 Å². The van der Waals surface area contributed by atoms with Gasteiger partial charge in [0.2, 0.25) is 5.91 Å². The van der Waals surface area contributed by atoms with Gasteiger partial charge in [0.25, 0.3) is 0 Å². The fourth-order valence-corrected chi connectivity index (χ4v) is 7.46. The first-order valence-corrected chi connectivity index (χ1v) is 17.1. The zero-order valence-corrected chi connectivity index (χ0v) is 29.4.